The molecular weight excluding hydrogens is 491 g/mol. The number of imidazole rings is 1. The first-order valence-corrected chi connectivity index (χ1v) is 9.60. The van der Waals surface area contributed by atoms with Gasteiger partial charge in [0.1, 0.15) is 5.82 Å². The molecule has 0 unspecified atom stereocenters. The molecule has 0 radical (unpaired) electrons. The monoisotopic (exact) mass is 516 g/mol. The van der Waals surface area contributed by atoms with Gasteiger partial charge < -0.3 is 15.2 Å². The van der Waals surface area contributed by atoms with E-state index >= 15 is 0 Å². The molecule has 1 aromatic carbocycles. The van der Waals surface area contributed by atoms with Crippen molar-refractivity contribution in [3.63, 3.8) is 0 Å². The second-order valence-electron chi connectivity index (χ2n) is 6.60. The van der Waals surface area contributed by atoms with Crippen LogP contribution in [0.1, 0.15) is 17.2 Å². The summed E-state index contributed by atoms with van der Waals surface area (Å²) in [6, 6.07) is 16.2. The van der Waals surface area contributed by atoms with Gasteiger partial charge in [0.2, 0.25) is 0 Å². The minimum Gasteiger partial charge on any atom is -0.356 e. The Bertz CT molecular complexity index is 1090. The van der Waals surface area contributed by atoms with E-state index in [1.807, 2.05) is 47.3 Å². The molecule has 0 bridgehead atoms. The fourth-order valence-electron chi connectivity index (χ4n) is 3.18. The molecule has 3 aromatic heterocycles. The summed E-state index contributed by atoms with van der Waals surface area (Å²) < 4.78 is 4.14. The maximum atomic E-state index is 4.50. The van der Waals surface area contributed by atoms with E-state index < -0.39 is 0 Å². The molecule has 3 heterocycles. The highest BCUT2D eigenvalue weighted by Gasteiger charge is 2.07. The lowest BCUT2D eigenvalue weighted by molar-refractivity contribution is 0.691. The van der Waals surface area contributed by atoms with Gasteiger partial charge in [0.05, 0.1) is 6.54 Å². The predicted molar refractivity (Wildman–Crippen MR) is 128 cm³/mol. The second-order valence-corrected chi connectivity index (χ2v) is 6.60. The average Bonchev–Trinajstić information content (AvgIpc) is 3.38. The molecule has 0 amide bonds. The van der Waals surface area contributed by atoms with Crippen LogP contribution in [0.25, 0.3) is 5.65 Å². The topological polar surface area (TPSA) is 84.4 Å². The molecule has 4 rings (SSSR count). The number of nitrogens with zero attached hydrogens (tertiary/aromatic N) is 6. The lowest BCUT2D eigenvalue weighted by atomic mass is 10.2. The minimum atomic E-state index is 0. The lowest BCUT2D eigenvalue weighted by Crippen LogP contribution is -2.38. The zero-order valence-corrected chi connectivity index (χ0v) is 19.1. The average molecular weight is 516 g/mol. The summed E-state index contributed by atoms with van der Waals surface area (Å²) in [7, 11) is 1.76. The van der Waals surface area contributed by atoms with Crippen LogP contribution in [0, 0.1) is 0 Å². The van der Waals surface area contributed by atoms with Crippen molar-refractivity contribution in [3.8, 4) is 0 Å². The van der Waals surface area contributed by atoms with Crippen molar-refractivity contribution in [2.24, 2.45) is 4.99 Å². The number of pyridine rings is 1. The van der Waals surface area contributed by atoms with Gasteiger partial charge in [-0.1, -0.05) is 36.4 Å². The zero-order chi connectivity index (χ0) is 19.9. The molecule has 156 valence electrons. The lowest BCUT2D eigenvalue weighted by Gasteiger charge is -2.12. The number of nitrogens with one attached hydrogen (secondary N) is 2. The first-order chi connectivity index (χ1) is 14.3. The van der Waals surface area contributed by atoms with Crippen LogP contribution in [0.4, 0.5) is 0 Å². The van der Waals surface area contributed by atoms with Crippen molar-refractivity contribution in [2.75, 3.05) is 13.6 Å². The largest absolute Gasteiger partial charge is 0.356 e. The summed E-state index contributed by atoms with van der Waals surface area (Å²) >= 11 is 0. The Morgan fingerprint density at radius 2 is 1.80 bits per heavy atom. The summed E-state index contributed by atoms with van der Waals surface area (Å²) in [5.74, 6) is 2.60. The Labute approximate surface area is 192 Å². The molecule has 0 saturated heterocycles. The van der Waals surface area contributed by atoms with Gasteiger partial charge in [-0.3, -0.25) is 9.39 Å². The maximum Gasteiger partial charge on any atom is 0.191 e. The van der Waals surface area contributed by atoms with Crippen LogP contribution in [0.2, 0.25) is 0 Å². The van der Waals surface area contributed by atoms with Gasteiger partial charge in [-0.15, -0.1) is 34.2 Å². The highest BCUT2D eigenvalue weighted by Crippen LogP contribution is 2.06. The Morgan fingerprint density at radius 3 is 2.63 bits per heavy atom. The smallest absolute Gasteiger partial charge is 0.191 e. The molecule has 2 N–H and O–H groups in total. The Balaban J connectivity index is 0.00000256. The molecule has 0 saturated carbocycles. The normalized spacial score (nSPS) is 11.3. The van der Waals surface area contributed by atoms with Crippen LogP contribution in [0.15, 0.2) is 72.1 Å². The van der Waals surface area contributed by atoms with Crippen LogP contribution < -0.4 is 10.6 Å². The van der Waals surface area contributed by atoms with E-state index in [4.69, 9.17) is 0 Å². The first-order valence-electron chi connectivity index (χ1n) is 9.60. The molecule has 9 heteroatoms. The number of fused-ring (bicyclic) bond motifs is 1. The molecule has 0 spiro atoms. The fraction of sp³-hybridized carbons (Fsp3) is 0.238. The van der Waals surface area contributed by atoms with Crippen molar-refractivity contribution in [1.29, 1.82) is 0 Å². The molecule has 0 aliphatic carbocycles. The summed E-state index contributed by atoms with van der Waals surface area (Å²) in [5, 5.41) is 15.0. The van der Waals surface area contributed by atoms with Crippen molar-refractivity contribution in [2.45, 2.75) is 19.5 Å². The van der Waals surface area contributed by atoms with E-state index in [0.717, 1.165) is 42.8 Å². The number of hydrogen-bond donors (Lipinski definition) is 2. The van der Waals surface area contributed by atoms with Gasteiger partial charge >= 0.3 is 0 Å². The minimum absolute atomic E-state index is 0. The van der Waals surface area contributed by atoms with E-state index in [-0.39, 0.29) is 24.0 Å². The molecule has 4 aromatic rings. The van der Waals surface area contributed by atoms with Crippen LogP contribution in [-0.4, -0.2) is 43.7 Å². The van der Waals surface area contributed by atoms with Gasteiger partial charge in [-0.05, 0) is 17.7 Å². The summed E-state index contributed by atoms with van der Waals surface area (Å²) in [6.45, 7) is 2.09. The van der Waals surface area contributed by atoms with Crippen molar-refractivity contribution in [1.82, 2.24) is 34.8 Å². The Kier molecular flexibility index (Phi) is 7.77. The van der Waals surface area contributed by atoms with E-state index in [2.05, 4.69) is 59.6 Å². The van der Waals surface area contributed by atoms with Crippen LogP contribution >= 0.6 is 24.0 Å². The quantitative estimate of drug-likeness (QED) is 0.224. The summed E-state index contributed by atoms with van der Waals surface area (Å²) in [6.07, 6.45) is 6.62. The van der Waals surface area contributed by atoms with Crippen LogP contribution in [0.3, 0.4) is 0 Å². The van der Waals surface area contributed by atoms with E-state index in [1.165, 1.54) is 5.56 Å². The van der Waals surface area contributed by atoms with Gasteiger partial charge in [0, 0.05) is 45.1 Å². The second kappa shape index (κ2) is 10.7. The highest BCUT2D eigenvalue weighted by atomic mass is 127. The van der Waals surface area contributed by atoms with E-state index in [1.54, 1.807) is 7.05 Å². The number of benzene rings is 1. The molecule has 0 aliphatic rings. The summed E-state index contributed by atoms with van der Waals surface area (Å²) in [5.41, 5.74) is 2.09. The molecular formula is C21H25IN8. The molecule has 0 atom stereocenters. The number of aliphatic imine (C=N–C) groups is 1. The summed E-state index contributed by atoms with van der Waals surface area (Å²) in [4.78, 5) is 8.78. The first kappa shape index (κ1) is 21.8. The van der Waals surface area contributed by atoms with Crippen LogP contribution in [0.5, 0.6) is 0 Å². The molecule has 8 nitrogen and oxygen atoms in total. The zero-order valence-electron chi connectivity index (χ0n) is 16.8. The third-order valence-corrected chi connectivity index (χ3v) is 4.66. The van der Waals surface area contributed by atoms with Crippen LogP contribution in [-0.2, 0) is 19.5 Å². The maximum absolute atomic E-state index is 4.50. The van der Waals surface area contributed by atoms with E-state index in [9.17, 15) is 0 Å². The SMILES string of the molecule is CN=C(NCCc1nccn1Cc1ccccc1)NCc1nnc2ccccn12.I. The fourth-order valence-corrected chi connectivity index (χ4v) is 3.18. The number of halogens is 1. The van der Waals surface area contributed by atoms with Crippen molar-refractivity contribution >= 4 is 35.6 Å². The van der Waals surface area contributed by atoms with E-state index in [0.29, 0.717) is 6.54 Å². The van der Waals surface area contributed by atoms with Gasteiger partial charge in [-0.2, -0.15) is 0 Å². The number of hydrogen-bond acceptors (Lipinski definition) is 4. The third-order valence-electron chi connectivity index (χ3n) is 4.66. The Morgan fingerprint density at radius 1 is 0.967 bits per heavy atom. The highest BCUT2D eigenvalue weighted by molar-refractivity contribution is 14.0. The number of guanidine groups is 1. The van der Waals surface area contributed by atoms with Gasteiger partial charge in [0.25, 0.3) is 0 Å². The number of aromatic nitrogens is 5. The van der Waals surface area contributed by atoms with Crippen molar-refractivity contribution < 1.29 is 0 Å². The van der Waals surface area contributed by atoms with Crippen molar-refractivity contribution in [3.05, 3.63) is 84.3 Å². The molecule has 30 heavy (non-hydrogen) atoms. The standard InChI is InChI=1S/C21H24N8.HI/c1-22-21(25-15-20-27-26-19-9-5-6-13-29(19)20)24-11-10-18-23-12-14-28(18)16-17-7-3-2-4-8-17;/h2-9,12-14H,10-11,15-16H2,1H3,(H2,22,24,25);1H. The molecule has 0 fully saturated rings. The molecule has 0 aliphatic heterocycles. The Hall–Kier alpha value is -2.95. The van der Waals surface area contributed by atoms with Gasteiger partial charge in [-0.25, -0.2) is 4.98 Å². The van der Waals surface area contributed by atoms with Gasteiger partial charge in [0.15, 0.2) is 17.4 Å². The number of rotatable bonds is 7. The predicted octanol–water partition coefficient (Wildman–Crippen LogP) is 2.50. The third kappa shape index (κ3) is 5.35.